The lowest BCUT2D eigenvalue weighted by atomic mass is 10.0. The molecule has 2 heterocycles. The summed E-state index contributed by atoms with van der Waals surface area (Å²) in [5, 5.41) is 2.39. The number of fused-ring (bicyclic) bond motifs is 1. The van der Waals surface area contributed by atoms with E-state index < -0.39 is 12.0 Å². The molecule has 0 aliphatic carbocycles. The standard InChI is InChI=1S/C18H20N2O5S/c1-3-24-18(23)15-11(2)10-26-17-14(16(22)20(15)17)19-13(21)9-25-12-7-5-4-6-8-12/h4-8,14,17H,3,9-10H2,1-2H3,(H,19,21)/t14-,17-/m1/s1. The van der Waals surface area contributed by atoms with Crippen LogP contribution in [0.25, 0.3) is 0 Å². The van der Waals surface area contributed by atoms with Gasteiger partial charge in [-0.3, -0.25) is 14.5 Å². The Bertz CT molecular complexity index is 749. The Hall–Kier alpha value is -2.48. The van der Waals surface area contributed by atoms with E-state index in [1.807, 2.05) is 25.1 Å². The van der Waals surface area contributed by atoms with Gasteiger partial charge in [0.1, 0.15) is 22.9 Å². The number of amides is 2. The monoisotopic (exact) mass is 376 g/mol. The van der Waals surface area contributed by atoms with Crippen LogP contribution < -0.4 is 10.1 Å². The Morgan fingerprint density at radius 3 is 2.73 bits per heavy atom. The van der Waals surface area contributed by atoms with Gasteiger partial charge in [-0.05, 0) is 31.6 Å². The molecule has 7 nitrogen and oxygen atoms in total. The summed E-state index contributed by atoms with van der Waals surface area (Å²) in [5.74, 6) is 0.00415. The van der Waals surface area contributed by atoms with Crippen molar-refractivity contribution in [3.05, 3.63) is 41.6 Å². The summed E-state index contributed by atoms with van der Waals surface area (Å²) < 4.78 is 10.4. The second kappa shape index (κ2) is 7.82. The number of carbonyl (C=O) groups excluding carboxylic acids is 3. The summed E-state index contributed by atoms with van der Waals surface area (Å²) in [5.41, 5.74) is 1.10. The first kappa shape index (κ1) is 18.3. The number of para-hydroxylation sites is 1. The van der Waals surface area contributed by atoms with E-state index in [1.54, 1.807) is 19.1 Å². The molecule has 1 aromatic rings. The van der Waals surface area contributed by atoms with Crippen LogP contribution in [0.3, 0.4) is 0 Å². The van der Waals surface area contributed by atoms with Gasteiger partial charge in [-0.2, -0.15) is 0 Å². The molecule has 0 aromatic heterocycles. The molecule has 1 N–H and O–H groups in total. The molecule has 0 unspecified atom stereocenters. The number of nitrogens with zero attached hydrogens (tertiary/aromatic N) is 1. The average Bonchev–Trinajstić information content (AvgIpc) is 2.65. The highest BCUT2D eigenvalue weighted by Gasteiger charge is 2.53. The van der Waals surface area contributed by atoms with Crippen molar-refractivity contribution in [1.82, 2.24) is 10.2 Å². The van der Waals surface area contributed by atoms with Crippen LogP contribution in [0.15, 0.2) is 41.6 Å². The van der Waals surface area contributed by atoms with Gasteiger partial charge >= 0.3 is 5.97 Å². The number of thioether (sulfide) groups is 1. The van der Waals surface area contributed by atoms with Crippen molar-refractivity contribution < 1.29 is 23.9 Å². The van der Waals surface area contributed by atoms with E-state index in [1.165, 1.54) is 16.7 Å². The summed E-state index contributed by atoms with van der Waals surface area (Å²) in [6.45, 7) is 3.59. The summed E-state index contributed by atoms with van der Waals surface area (Å²) >= 11 is 1.51. The molecule has 2 atom stereocenters. The highest BCUT2D eigenvalue weighted by Crippen LogP contribution is 2.40. The molecule has 1 aromatic carbocycles. The quantitative estimate of drug-likeness (QED) is 0.595. The third-order valence-corrected chi connectivity index (χ3v) is 5.48. The Morgan fingerprint density at radius 1 is 1.31 bits per heavy atom. The van der Waals surface area contributed by atoms with E-state index in [9.17, 15) is 14.4 Å². The fraction of sp³-hybridized carbons (Fsp3) is 0.389. The SMILES string of the molecule is CCOC(=O)C1=C(C)CS[C@@H]2[C@H](NC(=O)COc3ccccc3)C(=O)N12. The minimum atomic E-state index is -0.663. The zero-order chi connectivity index (χ0) is 18.7. The Balaban J connectivity index is 1.60. The lowest BCUT2D eigenvalue weighted by Crippen LogP contribution is -2.70. The van der Waals surface area contributed by atoms with E-state index >= 15 is 0 Å². The molecule has 0 bridgehead atoms. The van der Waals surface area contributed by atoms with Crippen molar-refractivity contribution in [2.45, 2.75) is 25.3 Å². The van der Waals surface area contributed by atoms with Crippen LogP contribution in [0.4, 0.5) is 0 Å². The van der Waals surface area contributed by atoms with E-state index in [-0.39, 0.29) is 30.4 Å². The Morgan fingerprint density at radius 2 is 2.04 bits per heavy atom. The fourth-order valence-electron chi connectivity index (χ4n) is 2.84. The highest BCUT2D eigenvalue weighted by atomic mass is 32.2. The second-order valence-electron chi connectivity index (χ2n) is 5.91. The van der Waals surface area contributed by atoms with Crippen LogP contribution in [-0.4, -0.2) is 53.1 Å². The van der Waals surface area contributed by atoms with Crippen molar-refractivity contribution >= 4 is 29.5 Å². The number of hydrogen-bond acceptors (Lipinski definition) is 6. The molecular formula is C18H20N2O5S. The Labute approximate surface area is 155 Å². The largest absolute Gasteiger partial charge is 0.484 e. The van der Waals surface area contributed by atoms with Gasteiger partial charge in [-0.25, -0.2) is 4.79 Å². The molecule has 26 heavy (non-hydrogen) atoms. The zero-order valence-electron chi connectivity index (χ0n) is 14.6. The molecule has 8 heteroatoms. The summed E-state index contributed by atoms with van der Waals surface area (Å²) in [6.07, 6.45) is 0. The van der Waals surface area contributed by atoms with Gasteiger partial charge in [0.25, 0.3) is 11.8 Å². The predicted octanol–water partition coefficient (Wildman–Crippen LogP) is 1.30. The van der Waals surface area contributed by atoms with Gasteiger partial charge in [0.2, 0.25) is 0 Å². The number of carbonyl (C=O) groups is 3. The molecule has 3 rings (SSSR count). The number of benzene rings is 1. The molecule has 138 valence electrons. The molecule has 1 fully saturated rings. The topological polar surface area (TPSA) is 84.9 Å². The number of rotatable bonds is 6. The number of nitrogens with one attached hydrogen (secondary N) is 1. The molecule has 0 spiro atoms. The van der Waals surface area contributed by atoms with Crippen LogP contribution in [0, 0.1) is 0 Å². The number of β-lactam (4-membered cyclic amide) rings is 1. The maximum atomic E-state index is 12.5. The van der Waals surface area contributed by atoms with Crippen LogP contribution in [-0.2, 0) is 19.1 Å². The van der Waals surface area contributed by atoms with Crippen LogP contribution in [0.5, 0.6) is 5.75 Å². The first-order valence-corrected chi connectivity index (χ1v) is 9.36. The first-order chi connectivity index (χ1) is 12.5. The molecule has 2 amide bonds. The minimum Gasteiger partial charge on any atom is -0.484 e. The van der Waals surface area contributed by atoms with E-state index in [2.05, 4.69) is 5.32 Å². The van der Waals surface area contributed by atoms with Crippen LogP contribution in [0.1, 0.15) is 13.8 Å². The molecular weight excluding hydrogens is 356 g/mol. The summed E-state index contributed by atoms with van der Waals surface area (Å²) in [7, 11) is 0. The molecule has 0 radical (unpaired) electrons. The van der Waals surface area contributed by atoms with Crippen molar-refractivity contribution in [3.8, 4) is 5.75 Å². The van der Waals surface area contributed by atoms with Crippen molar-refractivity contribution in [2.24, 2.45) is 0 Å². The maximum Gasteiger partial charge on any atom is 0.355 e. The molecule has 0 saturated carbocycles. The molecule has 2 aliphatic rings. The van der Waals surface area contributed by atoms with Crippen molar-refractivity contribution in [1.29, 1.82) is 0 Å². The van der Waals surface area contributed by atoms with E-state index in [0.29, 0.717) is 17.2 Å². The maximum absolute atomic E-state index is 12.5. The number of esters is 1. The predicted molar refractivity (Wildman–Crippen MR) is 96.3 cm³/mol. The minimum absolute atomic E-state index is 0.176. The van der Waals surface area contributed by atoms with Gasteiger partial charge < -0.3 is 14.8 Å². The van der Waals surface area contributed by atoms with Crippen LogP contribution >= 0.6 is 11.8 Å². The lowest BCUT2D eigenvalue weighted by molar-refractivity contribution is -0.152. The van der Waals surface area contributed by atoms with Gasteiger partial charge in [-0.1, -0.05) is 18.2 Å². The zero-order valence-corrected chi connectivity index (χ0v) is 15.4. The first-order valence-electron chi connectivity index (χ1n) is 8.31. The normalized spacial score (nSPS) is 21.6. The molecule has 2 aliphatic heterocycles. The third kappa shape index (κ3) is 3.55. The van der Waals surface area contributed by atoms with Gasteiger partial charge in [0, 0.05) is 5.75 Å². The van der Waals surface area contributed by atoms with Gasteiger partial charge in [0.05, 0.1) is 6.61 Å². The van der Waals surface area contributed by atoms with Gasteiger partial charge in [-0.15, -0.1) is 11.8 Å². The third-order valence-electron chi connectivity index (χ3n) is 4.06. The molecule has 1 saturated heterocycles. The highest BCUT2D eigenvalue weighted by molar-refractivity contribution is 8.00. The lowest BCUT2D eigenvalue weighted by Gasteiger charge is -2.49. The van der Waals surface area contributed by atoms with Crippen molar-refractivity contribution in [2.75, 3.05) is 19.0 Å². The second-order valence-corrected chi connectivity index (χ2v) is 7.01. The fourth-order valence-corrected chi connectivity index (χ4v) is 4.14. The van der Waals surface area contributed by atoms with Crippen LogP contribution in [0.2, 0.25) is 0 Å². The van der Waals surface area contributed by atoms with E-state index in [4.69, 9.17) is 9.47 Å². The van der Waals surface area contributed by atoms with E-state index in [0.717, 1.165) is 5.57 Å². The average molecular weight is 376 g/mol. The number of hydrogen-bond donors (Lipinski definition) is 1. The Kier molecular flexibility index (Phi) is 5.51. The smallest absolute Gasteiger partial charge is 0.355 e. The van der Waals surface area contributed by atoms with Gasteiger partial charge in [0.15, 0.2) is 6.61 Å². The summed E-state index contributed by atoms with van der Waals surface area (Å²) in [4.78, 5) is 38.2. The summed E-state index contributed by atoms with van der Waals surface area (Å²) in [6, 6.07) is 8.31. The van der Waals surface area contributed by atoms with Crippen molar-refractivity contribution in [3.63, 3.8) is 0 Å². The number of ether oxygens (including phenoxy) is 2.